The summed E-state index contributed by atoms with van der Waals surface area (Å²) in [6.45, 7) is 6.52. The lowest BCUT2D eigenvalue weighted by Gasteiger charge is -2.09. The van der Waals surface area contributed by atoms with Crippen molar-refractivity contribution in [2.45, 2.75) is 84.7 Å². The molecule has 0 spiro atoms. The van der Waals surface area contributed by atoms with E-state index >= 15 is 0 Å². The summed E-state index contributed by atoms with van der Waals surface area (Å²) in [6.07, 6.45) is 11.6. The maximum Gasteiger partial charge on any atom is 0.0512 e. The fraction of sp³-hybridized carbons (Fsp3) is 1.00. The van der Waals surface area contributed by atoms with Crippen LogP contribution in [-0.2, 0) is 0 Å². The zero-order chi connectivity index (χ0) is 11.5. The fourth-order valence-electron chi connectivity index (χ4n) is 2.10. The summed E-state index contributed by atoms with van der Waals surface area (Å²) in [5, 5.41) is 9.09. The number of aliphatic hydroxyl groups excluding tert-OH is 1. The van der Waals surface area contributed by atoms with Gasteiger partial charge in [-0.3, -0.25) is 0 Å². The predicted molar refractivity (Wildman–Crippen MR) is 68.1 cm³/mol. The molecule has 92 valence electrons. The maximum absolute atomic E-state index is 9.09. The van der Waals surface area contributed by atoms with Crippen molar-refractivity contribution in [1.29, 1.82) is 0 Å². The molecule has 0 aliphatic carbocycles. The van der Waals surface area contributed by atoms with Gasteiger partial charge in [-0.05, 0) is 19.3 Å². The van der Waals surface area contributed by atoms with Crippen LogP contribution in [0.5, 0.6) is 0 Å². The van der Waals surface area contributed by atoms with Crippen molar-refractivity contribution < 1.29 is 5.11 Å². The Balaban J connectivity index is 3.04. The minimum atomic E-state index is -0.102. The van der Waals surface area contributed by atoms with Crippen molar-refractivity contribution in [3.63, 3.8) is 0 Å². The molecule has 0 fully saturated rings. The van der Waals surface area contributed by atoms with Gasteiger partial charge in [0.1, 0.15) is 0 Å². The van der Waals surface area contributed by atoms with Gasteiger partial charge >= 0.3 is 0 Å². The van der Waals surface area contributed by atoms with Crippen molar-refractivity contribution >= 4 is 0 Å². The van der Waals surface area contributed by atoms with Crippen LogP contribution in [0.2, 0.25) is 0 Å². The molecule has 2 atom stereocenters. The van der Waals surface area contributed by atoms with Gasteiger partial charge in [0.25, 0.3) is 0 Å². The molecule has 0 amide bonds. The highest BCUT2D eigenvalue weighted by Gasteiger charge is 2.00. The van der Waals surface area contributed by atoms with E-state index in [0.29, 0.717) is 0 Å². The third-order valence-electron chi connectivity index (χ3n) is 3.10. The monoisotopic (exact) mass is 214 g/mol. The molecule has 1 N–H and O–H groups in total. The molecule has 0 aliphatic heterocycles. The minimum Gasteiger partial charge on any atom is -0.393 e. The average Bonchev–Trinajstić information content (AvgIpc) is 2.16. The molecule has 0 bridgehead atoms. The molecule has 1 heteroatoms. The van der Waals surface area contributed by atoms with Gasteiger partial charge in [-0.2, -0.15) is 0 Å². The molecule has 0 aromatic heterocycles. The molecule has 0 heterocycles. The minimum absolute atomic E-state index is 0.102. The molecule has 0 saturated heterocycles. The van der Waals surface area contributed by atoms with Gasteiger partial charge in [0, 0.05) is 0 Å². The van der Waals surface area contributed by atoms with E-state index in [2.05, 4.69) is 13.8 Å². The van der Waals surface area contributed by atoms with Crippen molar-refractivity contribution in [3.8, 4) is 0 Å². The Kier molecular flexibility index (Phi) is 10.4. The topological polar surface area (TPSA) is 20.2 Å². The summed E-state index contributed by atoms with van der Waals surface area (Å²) in [5.41, 5.74) is 0. The van der Waals surface area contributed by atoms with Crippen LogP contribution in [0.4, 0.5) is 0 Å². The number of unbranched alkanes of at least 4 members (excludes halogenated alkanes) is 4. The van der Waals surface area contributed by atoms with Gasteiger partial charge in [-0.1, -0.05) is 65.2 Å². The number of hydrogen-bond acceptors (Lipinski definition) is 1. The van der Waals surface area contributed by atoms with Crippen LogP contribution in [0.3, 0.4) is 0 Å². The number of aliphatic hydroxyl groups is 1. The molecule has 15 heavy (non-hydrogen) atoms. The van der Waals surface area contributed by atoms with E-state index in [-0.39, 0.29) is 6.10 Å². The van der Waals surface area contributed by atoms with Crippen LogP contribution < -0.4 is 0 Å². The van der Waals surface area contributed by atoms with Crippen molar-refractivity contribution in [2.75, 3.05) is 0 Å². The van der Waals surface area contributed by atoms with Gasteiger partial charge in [-0.15, -0.1) is 0 Å². The number of rotatable bonds is 10. The van der Waals surface area contributed by atoms with Crippen LogP contribution in [0.1, 0.15) is 78.6 Å². The van der Waals surface area contributed by atoms with Gasteiger partial charge < -0.3 is 5.11 Å². The smallest absolute Gasteiger partial charge is 0.0512 e. The average molecular weight is 214 g/mol. The highest BCUT2D eigenvalue weighted by atomic mass is 16.3. The van der Waals surface area contributed by atoms with E-state index in [9.17, 15) is 0 Å². The van der Waals surface area contributed by atoms with Crippen LogP contribution in [0.25, 0.3) is 0 Å². The summed E-state index contributed by atoms with van der Waals surface area (Å²) in [7, 11) is 0. The van der Waals surface area contributed by atoms with Crippen molar-refractivity contribution in [1.82, 2.24) is 0 Å². The standard InChI is InChI=1S/C14H30O/c1-4-10-13(2)11-8-6-5-7-9-12-14(3)15/h13-15H,4-12H2,1-3H3/t13-,14?/m1/s1. The Morgan fingerprint density at radius 3 is 1.87 bits per heavy atom. The quantitative estimate of drug-likeness (QED) is 0.530. The first-order chi connectivity index (χ1) is 7.16. The maximum atomic E-state index is 9.09. The fourth-order valence-corrected chi connectivity index (χ4v) is 2.10. The second kappa shape index (κ2) is 10.5. The SMILES string of the molecule is CCC[C@@H](C)CCCCCCCC(C)O. The summed E-state index contributed by atoms with van der Waals surface area (Å²) < 4.78 is 0. The summed E-state index contributed by atoms with van der Waals surface area (Å²) in [6, 6.07) is 0. The molecular weight excluding hydrogens is 184 g/mol. The first kappa shape index (κ1) is 15.0. The molecule has 0 aromatic carbocycles. The van der Waals surface area contributed by atoms with Gasteiger partial charge in [0.15, 0.2) is 0 Å². The molecule has 1 nitrogen and oxygen atoms in total. The predicted octanol–water partition coefficient (Wildman–Crippen LogP) is 4.53. The lowest BCUT2D eigenvalue weighted by atomic mass is 9.98. The van der Waals surface area contributed by atoms with Gasteiger partial charge in [-0.25, -0.2) is 0 Å². The molecule has 0 rings (SSSR count). The lowest BCUT2D eigenvalue weighted by Crippen LogP contribution is -1.98. The summed E-state index contributed by atoms with van der Waals surface area (Å²) in [4.78, 5) is 0. The van der Waals surface area contributed by atoms with Crippen molar-refractivity contribution in [3.05, 3.63) is 0 Å². The van der Waals surface area contributed by atoms with Crippen LogP contribution in [0, 0.1) is 5.92 Å². The van der Waals surface area contributed by atoms with Gasteiger partial charge in [0.05, 0.1) is 6.10 Å². The Labute approximate surface area is 96.3 Å². The second-order valence-electron chi connectivity index (χ2n) is 5.09. The molecule has 0 aromatic rings. The van der Waals surface area contributed by atoms with Crippen LogP contribution >= 0.6 is 0 Å². The Morgan fingerprint density at radius 2 is 1.33 bits per heavy atom. The van der Waals surface area contributed by atoms with Gasteiger partial charge in [0.2, 0.25) is 0 Å². The van der Waals surface area contributed by atoms with E-state index in [1.54, 1.807) is 0 Å². The van der Waals surface area contributed by atoms with E-state index in [1.165, 1.54) is 51.4 Å². The lowest BCUT2D eigenvalue weighted by molar-refractivity contribution is 0.180. The molecular formula is C14H30O. The third-order valence-corrected chi connectivity index (χ3v) is 3.10. The van der Waals surface area contributed by atoms with E-state index in [1.807, 2.05) is 6.92 Å². The first-order valence-electron chi connectivity index (χ1n) is 6.84. The van der Waals surface area contributed by atoms with E-state index < -0.39 is 0 Å². The van der Waals surface area contributed by atoms with Crippen LogP contribution in [0.15, 0.2) is 0 Å². The summed E-state index contributed by atoms with van der Waals surface area (Å²) >= 11 is 0. The normalized spacial score (nSPS) is 15.2. The first-order valence-corrected chi connectivity index (χ1v) is 6.84. The molecule has 1 unspecified atom stereocenters. The highest BCUT2D eigenvalue weighted by Crippen LogP contribution is 2.15. The van der Waals surface area contributed by atoms with Crippen LogP contribution in [-0.4, -0.2) is 11.2 Å². The zero-order valence-electron chi connectivity index (χ0n) is 11.0. The Bertz CT molecular complexity index is 121. The van der Waals surface area contributed by atoms with Crippen molar-refractivity contribution in [2.24, 2.45) is 5.92 Å². The zero-order valence-corrected chi connectivity index (χ0v) is 11.0. The molecule has 0 saturated carbocycles. The molecule has 0 aliphatic rings. The Morgan fingerprint density at radius 1 is 0.800 bits per heavy atom. The second-order valence-corrected chi connectivity index (χ2v) is 5.09. The van der Waals surface area contributed by atoms with E-state index in [4.69, 9.17) is 5.11 Å². The third kappa shape index (κ3) is 11.9. The van der Waals surface area contributed by atoms with E-state index in [0.717, 1.165) is 12.3 Å². The Hall–Kier alpha value is -0.0400. The molecule has 0 radical (unpaired) electrons. The highest BCUT2D eigenvalue weighted by molar-refractivity contribution is 4.54. The summed E-state index contributed by atoms with van der Waals surface area (Å²) in [5.74, 6) is 0.924. The number of hydrogen-bond donors (Lipinski definition) is 1. The largest absolute Gasteiger partial charge is 0.393 e.